The Morgan fingerprint density at radius 3 is 2.84 bits per heavy atom. The first kappa shape index (κ1) is 12.7. The van der Waals surface area contributed by atoms with E-state index in [1.807, 2.05) is 13.0 Å². The van der Waals surface area contributed by atoms with Gasteiger partial charge in [0.2, 0.25) is 5.95 Å². The summed E-state index contributed by atoms with van der Waals surface area (Å²) in [6, 6.07) is 7.18. The van der Waals surface area contributed by atoms with Gasteiger partial charge in [0.25, 0.3) is 0 Å². The molecule has 1 aromatic carbocycles. The minimum Gasteiger partial charge on any atom is -0.434 e. The number of ether oxygens (including phenoxy) is 1. The molecule has 0 saturated heterocycles. The molecule has 7 heteroatoms. The maximum absolute atomic E-state index is 10.9. The van der Waals surface area contributed by atoms with Crippen LogP contribution in [0.4, 0.5) is 11.6 Å². The van der Waals surface area contributed by atoms with E-state index >= 15 is 0 Å². The number of benzene rings is 1. The van der Waals surface area contributed by atoms with E-state index in [0.29, 0.717) is 5.75 Å². The van der Waals surface area contributed by atoms with Gasteiger partial charge in [0.1, 0.15) is 11.9 Å². The van der Waals surface area contributed by atoms with Gasteiger partial charge in [-0.15, -0.1) is 0 Å². The van der Waals surface area contributed by atoms with Crippen molar-refractivity contribution in [3.8, 4) is 11.6 Å². The molecule has 19 heavy (non-hydrogen) atoms. The number of anilines is 1. The second-order valence-electron chi connectivity index (χ2n) is 3.81. The molecule has 2 aromatic rings. The van der Waals surface area contributed by atoms with Gasteiger partial charge in [0.05, 0.1) is 4.92 Å². The van der Waals surface area contributed by atoms with Gasteiger partial charge in [-0.1, -0.05) is 12.1 Å². The van der Waals surface area contributed by atoms with Crippen LogP contribution in [-0.4, -0.2) is 21.9 Å². The number of hydrogen-bond acceptors (Lipinski definition) is 6. The van der Waals surface area contributed by atoms with E-state index in [-0.39, 0.29) is 17.5 Å². The third kappa shape index (κ3) is 2.95. The van der Waals surface area contributed by atoms with E-state index in [1.54, 1.807) is 25.2 Å². The molecule has 0 spiro atoms. The van der Waals surface area contributed by atoms with Crippen LogP contribution in [0.25, 0.3) is 0 Å². The van der Waals surface area contributed by atoms with Crippen molar-refractivity contribution in [2.45, 2.75) is 6.92 Å². The number of hydrogen-bond donors (Lipinski definition) is 1. The molecular weight excluding hydrogens is 248 g/mol. The van der Waals surface area contributed by atoms with Crippen molar-refractivity contribution in [2.75, 3.05) is 12.4 Å². The van der Waals surface area contributed by atoms with E-state index in [0.717, 1.165) is 11.8 Å². The Bertz CT molecular complexity index is 616. The van der Waals surface area contributed by atoms with Crippen LogP contribution in [0.2, 0.25) is 0 Å². The summed E-state index contributed by atoms with van der Waals surface area (Å²) in [5, 5.41) is 13.6. The molecule has 0 aliphatic carbocycles. The fourth-order valence-electron chi connectivity index (χ4n) is 1.47. The molecule has 2 rings (SSSR count). The maximum Gasteiger partial charge on any atom is 0.349 e. The summed E-state index contributed by atoms with van der Waals surface area (Å²) < 4.78 is 5.46. The summed E-state index contributed by atoms with van der Waals surface area (Å²) in [5.41, 5.74) is 0.712. The molecule has 0 fully saturated rings. The third-order valence-corrected chi connectivity index (χ3v) is 2.36. The summed E-state index contributed by atoms with van der Waals surface area (Å²) in [7, 11) is 1.62. The smallest absolute Gasteiger partial charge is 0.349 e. The molecule has 0 bridgehead atoms. The lowest BCUT2D eigenvalue weighted by atomic mass is 10.2. The molecule has 98 valence electrons. The fourth-order valence-corrected chi connectivity index (χ4v) is 1.47. The van der Waals surface area contributed by atoms with Crippen molar-refractivity contribution >= 4 is 11.6 Å². The number of aryl methyl sites for hydroxylation is 1. The number of nitrogens with one attached hydrogen (secondary N) is 1. The van der Waals surface area contributed by atoms with Crippen LogP contribution < -0.4 is 10.1 Å². The van der Waals surface area contributed by atoms with Gasteiger partial charge < -0.3 is 10.1 Å². The van der Waals surface area contributed by atoms with Crippen molar-refractivity contribution in [3.05, 3.63) is 46.1 Å². The normalized spacial score (nSPS) is 10.0. The second-order valence-corrected chi connectivity index (χ2v) is 3.81. The number of rotatable bonds is 4. The van der Waals surface area contributed by atoms with Crippen molar-refractivity contribution < 1.29 is 9.66 Å². The van der Waals surface area contributed by atoms with Gasteiger partial charge in [0.15, 0.2) is 0 Å². The highest BCUT2D eigenvalue weighted by atomic mass is 16.6. The third-order valence-electron chi connectivity index (χ3n) is 2.36. The Balaban J connectivity index is 2.39. The van der Waals surface area contributed by atoms with Crippen molar-refractivity contribution in [1.82, 2.24) is 9.97 Å². The average Bonchev–Trinajstić information content (AvgIpc) is 2.38. The summed E-state index contributed by atoms with van der Waals surface area (Å²) in [6.45, 7) is 1.90. The molecule has 0 aliphatic rings. The molecule has 0 amide bonds. The number of nitrogens with zero attached hydrogens (tertiary/aromatic N) is 3. The lowest BCUT2D eigenvalue weighted by Crippen LogP contribution is -2.02. The molecule has 0 aliphatic heterocycles. The topological polar surface area (TPSA) is 90.2 Å². The molecular formula is C12H12N4O3. The predicted molar refractivity (Wildman–Crippen MR) is 69.5 cm³/mol. The molecule has 0 unspecified atom stereocenters. The van der Waals surface area contributed by atoms with Gasteiger partial charge in [-0.25, -0.2) is 4.98 Å². The van der Waals surface area contributed by atoms with Gasteiger partial charge >= 0.3 is 11.6 Å². The first-order valence-corrected chi connectivity index (χ1v) is 5.54. The van der Waals surface area contributed by atoms with Gasteiger partial charge in [0, 0.05) is 7.05 Å². The van der Waals surface area contributed by atoms with E-state index in [4.69, 9.17) is 4.74 Å². The highest BCUT2D eigenvalue weighted by Gasteiger charge is 2.19. The van der Waals surface area contributed by atoms with Gasteiger partial charge in [-0.2, -0.15) is 4.98 Å². The molecule has 1 heterocycles. The molecule has 0 atom stereocenters. The minimum atomic E-state index is -0.579. The van der Waals surface area contributed by atoms with E-state index in [9.17, 15) is 10.1 Å². The summed E-state index contributed by atoms with van der Waals surface area (Å²) in [4.78, 5) is 18.1. The number of nitro groups is 1. The van der Waals surface area contributed by atoms with Crippen molar-refractivity contribution in [1.29, 1.82) is 0 Å². The molecule has 1 N–H and O–H groups in total. The molecule has 0 saturated carbocycles. The largest absolute Gasteiger partial charge is 0.434 e. The first-order valence-electron chi connectivity index (χ1n) is 5.54. The summed E-state index contributed by atoms with van der Waals surface area (Å²) >= 11 is 0. The standard InChI is InChI=1S/C12H12N4O3/c1-8-4-3-5-9(6-8)19-11-10(16(17)18)7-14-12(13-2)15-11/h3-7H,1-2H3,(H,13,14,15). The van der Waals surface area contributed by atoms with Crippen LogP contribution in [0.15, 0.2) is 30.5 Å². The molecule has 7 nitrogen and oxygen atoms in total. The Labute approximate surface area is 109 Å². The SMILES string of the molecule is CNc1ncc([N+](=O)[O-])c(Oc2cccc(C)c2)n1. The van der Waals surface area contributed by atoms with Crippen LogP contribution in [0, 0.1) is 17.0 Å². The van der Waals surface area contributed by atoms with Gasteiger partial charge in [-0.3, -0.25) is 10.1 Å². The minimum absolute atomic E-state index is 0.0880. The van der Waals surface area contributed by atoms with Crippen LogP contribution in [0.5, 0.6) is 11.6 Å². The molecule has 1 aromatic heterocycles. The Kier molecular flexibility index (Phi) is 3.56. The van der Waals surface area contributed by atoms with Crippen LogP contribution in [0.1, 0.15) is 5.56 Å². The van der Waals surface area contributed by atoms with E-state index in [2.05, 4.69) is 15.3 Å². The first-order chi connectivity index (χ1) is 9.10. The van der Waals surface area contributed by atoms with Crippen LogP contribution in [0.3, 0.4) is 0 Å². The van der Waals surface area contributed by atoms with Crippen molar-refractivity contribution in [3.63, 3.8) is 0 Å². The monoisotopic (exact) mass is 260 g/mol. The zero-order valence-electron chi connectivity index (χ0n) is 10.5. The van der Waals surface area contributed by atoms with E-state index in [1.165, 1.54) is 0 Å². The second kappa shape index (κ2) is 5.30. The highest BCUT2D eigenvalue weighted by Crippen LogP contribution is 2.29. The predicted octanol–water partition coefficient (Wildman–Crippen LogP) is 2.53. The lowest BCUT2D eigenvalue weighted by molar-refractivity contribution is -0.386. The Morgan fingerprint density at radius 2 is 2.21 bits per heavy atom. The fraction of sp³-hybridized carbons (Fsp3) is 0.167. The zero-order chi connectivity index (χ0) is 13.8. The maximum atomic E-state index is 10.9. The Morgan fingerprint density at radius 1 is 1.42 bits per heavy atom. The van der Waals surface area contributed by atoms with E-state index < -0.39 is 4.92 Å². The average molecular weight is 260 g/mol. The van der Waals surface area contributed by atoms with Crippen LogP contribution in [-0.2, 0) is 0 Å². The highest BCUT2D eigenvalue weighted by molar-refractivity contribution is 5.45. The Hall–Kier alpha value is -2.70. The zero-order valence-corrected chi connectivity index (χ0v) is 10.5. The number of aromatic nitrogens is 2. The van der Waals surface area contributed by atoms with Crippen molar-refractivity contribution in [2.24, 2.45) is 0 Å². The summed E-state index contributed by atoms with van der Waals surface area (Å²) in [5.74, 6) is 0.659. The molecule has 0 radical (unpaired) electrons. The summed E-state index contributed by atoms with van der Waals surface area (Å²) in [6.07, 6.45) is 1.12. The van der Waals surface area contributed by atoms with Gasteiger partial charge in [-0.05, 0) is 24.6 Å². The van der Waals surface area contributed by atoms with Crippen LogP contribution >= 0.6 is 0 Å². The lowest BCUT2D eigenvalue weighted by Gasteiger charge is -2.06. The quantitative estimate of drug-likeness (QED) is 0.671.